The molecular weight excluding hydrogens is 531 g/mol. The Morgan fingerprint density at radius 3 is 1.89 bits per heavy atom. The quantitative estimate of drug-likeness (QED) is 0.354. The minimum absolute atomic E-state index is 0.192. The lowest BCUT2D eigenvalue weighted by Gasteiger charge is -2.11. The molecule has 0 amide bonds. The van der Waals surface area contributed by atoms with Crippen molar-refractivity contribution in [3.05, 3.63) is 114 Å². The lowest BCUT2D eigenvalue weighted by molar-refractivity contribution is 0.276. The molecule has 1 aromatic carbocycles. The maximum Gasteiger partial charge on any atom is 0.272 e. The number of fused-ring (bicyclic) bond motifs is 2. The smallest absolute Gasteiger partial charge is 0.272 e. The van der Waals surface area contributed by atoms with Crippen molar-refractivity contribution >= 4 is 27.2 Å². The van der Waals surface area contributed by atoms with Crippen molar-refractivity contribution in [2.75, 3.05) is 0 Å². The first-order chi connectivity index (χ1) is 17.3. The lowest BCUT2D eigenvalue weighted by Crippen LogP contribution is -2.21. The molecule has 0 aliphatic rings. The first kappa shape index (κ1) is 25.4. The molecule has 0 aliphatic carbocycles. The fourth-order valence-electron chi connectivity index (χ4n) is 3.90. The van der Waals surface area contributed by atoms with E-state index in [1.165, 1.54) is 27.0 Å². The van der Waals surface area contributed by atoms with Gasteiger partial charge < -0.3 is 10.2 Å². The molecule has 0 saturated carbocycles. The standard InChI is InChI=1S/C16H13FN2O2.C10H9BrN2O2/c1-10-4-2-7-14-18-13(9-20)15(16(21)19(10)14)11-5-3-6-12(17)8-11;1-6-3-2-4-8-12-7(5-14)9(11)10(15)13(6)8/h2-8,20H,9H2,1H3;2-4,14H,5H2,1H3. The van der Waals surface area contributed by atoms with Crippen LogP contribution in [0.25, 0.3) is 22.4 Å². The van der Waals surface area contributed by atoms with Gasteiger partial charge in [0.25, 0.3) is 11.1 Å². The van der Waals surface area contributed by atoms with Gasteiger partial charge in [-0.05, 0) is 71.7 Å². The van der Waals surface area contributed by atoms with Crippen LogP contribution >= 0.6 is 15.9 Å². The van der Waals surface area contributed by atoms with E-state index in [9.17, 15) is 19.1 Å². The molecule has 184 valence electrons. The van der Waals surface area contributed by atoms with Crippen molar-refractivity contribution in [3.63, 3.8) is 0 Å². The summed E-state index contributed by atoms with van der Waals surface area (Å²) in [6.45, 7) is 3.00. The Balaban J connectivity index is 0.000000179. The Kier molecular flexibility index (Phi) is 7.39. The van der Waals surface area contributed by atoms with Crippen LogP contribution in [0.2, 0.25) is 0 Å². The highest BCUT2D eigenvalue weighted by atomic mass is 79.9. The summed E-state index contributed by atoms with van der Waals surface area (Å²) < 4.78 is 16.7. The molecule has 0 unspecified atom stereocenters. The number of benzene rings is 1. The molecule has 10 heteroatoms. The molecule has 0 radical (unpaired) electrons. The number of nitrogens with zero attached hydrogens (tertiary/aromatic N) is 4. The van der Waals surface area contributed by atoms with E-state index in [0.717, 1.165) is 11.4 Å². The number of aliphatic hydroxyl groups excluding tert-OH is 2. The molecule has 0 aliphatic heterocycles. The number of halogens is 2. The predicted molar refractivity (Wildman–Crippen MR) is 137 cm³/mol. The SMILES string of the molecule is Cc1cccc2nc(CO)c(-c3cccc(F)c3)c(=O)n12.Cc1cccc2nc(CO)c(Br)c(=O)n12. The molecule has 5 rings (SSSR count). The zero-order valence-corrected chi connectivity index (χ0v) is 21.0. The van der Waals surface area contributed by atoms with Crippen LogP contribution in [0.1, 0.15) is 22.8 Å². The number of aromatic nitrogens is 4. The normalized spacial score (nSPS) is 10.9. The minimum atomic E-state index is -0.439. The first-order valence-electron chi connectivity index (χ1n) is 10.9. The summed E-state index contributed by atoms with van der Waals surface area (Å²) >= 11 is 3.14. The number of rotatable bonds is 3. The third kappa shape index (κ3) is 4.70. The molecule has 36 heavy (non-hydrogen) atoms. The topological polar surface area (TPSA) is 109 Å². The van der Waals surface area contributed by atoms with Gasteiger partial charge in [0, 0.05) is 11.4 Å². The molecule has 4 aromatic heterocycles. The summed E-state index contributed by atoms with van der Waals surface area (Å²) in [4.78, 5) is 33.1. The fraction of sp³-hybridized carbons (Fsp3) is 0.154. The van der Waals surface area contributed by atoms with Crippen LogP contribution in [-0.4, -0.2) is 29.0 Å². The van der Waals surface area contributed by atoms with Crippen LogP contribution in [-0.2, 0) is 13.2 Å². The van der Waals surface area contributed by atoms with E-state index in [1.807, 2.05) is 19.1 Å². The van der Waals surface area contributed by atoms with Crippen molar-refractivity contribution in [2.24, 2.45) is 0 Å². The van der Waals surface area contributed by atoms with Crippen molar-refractivity contribution in [2.45, 2.75) is 27.1 Å². The van der Waals surface area contributed by atoms with Gasteiger partial charge in [0.2, 0.25) is 0 Å². The van der Waals surface area contributed by atoms with Crippen molar-refractivity contribution in [1.82, 2.24) is 18.8 Å². The average Bonchev–Trinajstić information content (AvgIpc) is 2.86. The first-order valence-corrected chi connectivity index (χ1v) is 11.7. The minimum Gasteiger partial charge on any atom is -0.390 e. The van der Waals surface area contributed by atoms with Crippen LogP contribution in [0, 0.1) is 19.7 Å². The maximum atomic E-state index is 13.4. The van der Waals surface area contributed by atoms with Crippen molar-refractivity contribution in [3.8, 4) is 11.1 Å². The third-order valence-electron chi connectivity index (χ3n) is 5.59. The second kappa shape index (κ2) is 10.5. The molecule has 5 aromatic rings. The maximum absolute atomic E-state index is 13.4. The van der Waals surface area contributed by atoms with Crippen LogP contribution in [0.4, 0.5) is 4.39 Å². The van der Waals surface area contributed by atoms with E-state index in [-0.39, 0.29) is 35.6 Å². The number of hydrogen-bond donors (Lipinski definition) is 2. The monoisotopic (exact) mass is 552 g/mol. The molecule has 0 saturated heterocycles. The fourth-order valence-corrected chi connectivity index (χ4v) is 4.29. The highest BCUT2D eigenvalue weighted by molar-refractivity contribution is 9.10. The summed E-state index contributed by atoms with van der Waals surface area (Å²) in [5.74, 6) is -0.439. The van der Waals surface area contributed by atoms with E-state index >= 15 is 0 Å². The zero-order chi connectivity index (χ0) is 26.0. The van der Waals surface area contributed by atoms with Gasteiger partial charge in [-0.3, -0.25) is 18.4 Å². The second-order valence-electron chi connectivity index (χ2n) is 7.96. The van der Waals surface area contributed by atoms with E-state index in [4.69, 9.17) is 5.11 Å². The molecule has 0 spiro atoms. The van der Waals surface area contributed by atoms with Gasteiger partial charge in [-0.1, -0.05) is 24.3 Å². The molecule has 0 bridgehead atoms. The van der Waals surface area contributed by atoms with E-state index in [1.54, 1.807) is 37.3 Å². The van der Waals surface area contributed by atoms with Crippen LogP contribution in [0.15, 0.2) is 74.7 Å². The van der Waals surface area contributed by atoms with E-state index in [2.05, 4.69) is 25.9 Å². The molecular formula is C26H22BrFN4O4. The Labute approximate surface area is 213 Å². The molecule has 4 heterocycles. The largest absolute Gasteiger partial charge is 0.390 e. The summed E-state index contributed by atoms with van der Waals surface area (Å²) in [5, 5.41) is 18.5. The Morgan fingerprint density at radius 1 is 0.806 bits per heavy atom. The van der Waals surface area contributed by atoms with Gasteiger partial charge >= 0.3 is 0 Å². The van der Waals surface area contributed by atoms with Crippen LogP contribution in [0.5, 0.6) is 0 Å². The van der Waals surface area contributed by atoms with Crippen molar-refractivity contribution < 1.29 is 14.6 Å². The van der Waals surface area contributed by atoms with Crippen LogP contribution in [0.3, 0.4) is 0 Å². The number of hydrogen-bond acceptors (Lipinski definition) is 6. The second-order valence-corrected chi connectivity index (χ2v) is 8.76. The van der Waals surface area contributed by atoms with Gasteiger partial charge in [0.15, 0.2) is 0 Å². The summed E-state index contributed by atoms with van der Waals surface area (Å²) in [7, 11) is 0. The summed E-state index contributed by atoms with van der Waals surface area (Å²) in [6, 6.07) is 16.4. The van der Waals surface area contributed by atoms with Gasteiger partial charge in [-0.25, -0.2) is 14.4 Å². The van der Waals surface area contributed by atoms with Crippen LogP contribution < -0.4 is 11.1 Å². The summed E-state index contributed by atoms with van der Waals surface area (Å²) in [6.07, 6.45) is 0. The lowest BCUT2D eigenvalue weighted by atomic mass is 10.1. The average molecular weight is 553 g/mol. The third-order valence-corrected chi connectivity index (χ3v) is 6.39. The van der Waals surface area contributed by atoms with Gasteiger partial charge in [0.05, 0.1) is 30.2 Å². The molecule has 0 fully saturated rings. The molecule has 2 N–H and O–H groups in total. The number of aliphatic hydroxyl groups is 2. The van der Waals surface area contributed by atoms with Gasteiger partial charge in [-0.15, -0.1) is 0 Å². The van der Waals surface area contributed by atoms with Gasteiger partial charge in [-0.2, -0.15) is 0 Å². The Morgan fingerprint density at radius 2 is 1.33 bits per heavy atom. The Bertz CT molecular complexity index is 1720. The van der Waals surface area contributed by atoms with E-state index < -0.39 is 5.82 Å². The Hall–Kier alpha value is -3.73. The highest BCUT2D eigenvalue weighted by Gasteiger charge is 2.15. The van der Waals surface area contributed by atoms with E-state index in [0.29, 0.717) is 27.0 Å². The number of pyridine rings is 2. The summed E-state index contributed by atoms with van der Waals surface area (Å²) in [5.41, 5.74) is 3.30. The zero-order valence-electron chi connectivity index (χ0n) is 19.4. The predicted octanol–water partition coefficient (Wildman–Crippen LogP) is 3.56. The molecule has 0 atom stereocenters. The van der Waals surface area contributed by atoms with Gasteiger partial charge in [0.1, 0.15) is 21.6 Å². The molecule has 8 nitrogen and oxygen atoms in total. The number of aryl methyl sites for hydroxylation is 2. The van der Waals surface area contributed by atoms with Crippen molar-refractivity contribution in [1.29, 1.82) is 0 Å². The highest BCUT2D eigenvalue weighted by Crippen LogP contribution is 2.21.